The second-order valence-electron chi connectivity index (χ2n) is 6.20. The molecular weight excluding hydrogens is 250 g/mol. The van der Waals surface area contributed by atoms with Crippen LogP contribution < -0.4 is 0 Å². The fourth-order valence-corrected chi connectivity index (χ4v) is 3.73. The molecule has 2 aliphatic rings. The lowest BCUT2D eigenvalue weighted by molar-refractivity contribution is -0.142. The van der Waals surface area contributed by atoms with Crippen molar-refractivity contribution >= 4 is 5.91 Å². The number of likely N-dealkylation sites (N-methyl/N-ethyl adjacent to an activating group) is 1. The molecule has 4 nitrogen and oxygen atoms in total. The Bertz CT molecular complexity index is 472. The number of likely N-dealkylation sites (tertiary alicyclic amines) is 2. The van der Waals surface area contributed by atoms with Crippen LogP contribution in [0.3, 0.4) is 0 Å². The zero-order valence-electron chi connectivity index (χ0n) is 12.2. The van der Waals surface area contributed by atoms with Crippen molar-refractivity contribution in [2.75, 3.05) is 20.1 Å². The SMILES string of the molecule is CN1C(=O)CCC[C@@]12CCCN(Cc1ccncc1)C2. The van der Waals surface area contributed by atoms with Crippen LogP contribution in [-0.2, 0) is 11.3 Å². The topological polar surface area (TPSA) is 36.4 Å². The zero-order chi connectivity index (χ0) is 14.0. The molecule has 0 aliphatic carbocycles. The van der Waals surface area contributed by atoms with E-state index in [0.717, 1.165) is 45.3 Å². The lowest BCUT2D eigenvalue weighted by Crippen LogP contribution is -2.60. The number of hydrogen-bond acceptors (Lipinski definition) is 3. The number of aromatic nitrogens is 1. The highest BCUT2D eigenvalue weighted by atomic mass is 16.2. The molecule has 0 radical (unpaired) electrons. The summed E-state index contributed by atoms with van der Waals surface area (Å²) in [5.41, 5.74) is 1.39. The minimum atomic E-state index is 0.0839. The molecule has 1 amide bonds. The Balaban J connectivity index is 1.71. The molecule has 3 rings (SSSR count). The first-order chi connectivity index (χ1) is 9.70. The third-order valence-electron chi connectivity index (χ3n) is 4.91. The summed E-state index contributed by atoms with van der Waals surface area (Å²) in [5, 5.41) is 0. The predicted octanol–water partition coefficient (Wildman–Crippen LogP) is 2.06. The lowest BCUT2D eigenvalue weighted by Gasteiger charge is -2.50. The summed E-state index contributed by atoms with van der Waals surface area (Å²) in [4.78, 5) is 20.6. The molecule has 1 aromatic heterocycles. The van der Waals surface area contributed by atoms with Crippen molar-refractivity contribution in [3.8, 4) is 0 Å². The van der Waals surface area contributed by atoms with Crippen molar-refractivity contribution in [3.63, 3.8) is 0 Å². The molecule has 1 aromatic rings. The summed E-state index contributed by atoms with van der Waals surface area (Å²) < 4.78 is 0. The Morgan fingerprint density at radius 2 is 2.00 bits per heavy atom. The van der Waals surface area contributed by atoms with E-state index >= 15 is 0 Å². The van der Waals surface area contributed by atoms with Gasteiger partial charge in [0.15, 0.2) is 0 Å². The third kappa shape index (κ3) is 2.57. The minimum Gasteiger partial charge on any atom is -0.339 e. The normalized spacial score (nSPS) is 28.1. The van der Waals surface area contributed by atoms with Crippen LogP contribution in [0.5, 0.6) is 0 Å². The molecule has 2 saturated heterocycles. The van der Waals surface area contributed by atoms with E-state index in [-0.39, 0.29) is 5.54 Å². The number of carbonyl (C=O) groups excluding carboxylic acids is 1. The molecule has 0 aromatic carbocycles. The maximum Gasteiger partial charge on any atom is 0.222 e. The molecule has 4 heteroatoms. The highest BCUT2D eigenvalue weighted by Gasteiger charge is 2.42. The van der Waals surface area contributed by atoms with Crippen LogP contribution in [0.15, 0.2) is 24.5 Å². The Morgan fingerprint density at radius 3 is 2.80 bits per heavy atom. The third-order valence-corrected chi connectivity index (χ3v) is 4.91. The number of amides is 1. The molecule has 20 heavy (non-hydrogen) atoms. The lowest BCUT2D eigenvalue weighted by atomic mass is 9.80. The van der Waals surface area contributed by atoms with Crippen LogP contribution >= 0.6 is 0 Å². The van der Waals surface area contributed by atoms with Crippen molar-refractivity contribution in [1.82, 2.24) is 14.8 Å². The molecule has 2 fully saturated rings. The smallest absolute Gasteiger partial charge is 0.222 e. The highest BCUT2D eigenvalue weighted by molar-refractivity contribution is 5.77. The van der Waals surface area contributed by atoms with Gasteiger partial charge in [-0.15, -0.1) is 0 Å². The van der Waals surface area contributed by atoms with Crippen LogP contribution in [0, 0.1) is 0 Å². The molecule has 0 unspecified atom stereocenters. The van der Waals surface area contributed by atoms with Crippen LogP contribution in [0.1, 0.15) is 37.7 Å². The van der Waals surface area contributed by atoms with Gasteiger partial charge in [-0.25, -0.2) is 0 Å². The van der Waals surface area contributed by atoms with Crippen LogP contribution in [0.2, 0.25) is 0 Å². The maximum absolute atomic E-state index is 12.0. The van der Waals surface area contributed by atoms with Gasteiger partial charge in [0.05, 0.1) is 5.54 Å². The van der Waals surface area contributed by atoms with E-state index in [2.05, 4.69) is 22.0 Å². The van der Waals surface area contributed by atoms with E-state index in [0.29, 0.717) is 5.91 Å². The Kier molecular flexibility index (Phi) is 3.74. The number of piperidine rings is 2. The molecule has 0 saturated carbocycles. The molecule has 1 atom stereocenters. The van der Waals surface area contributed by atoms with Crippen molar-refractivity contribution < 1.29 is 4.79 Å². The average molecular weight is 273 g/mol. The maximum atomic E-state index is 12.0. The fraction of sp³-hybridized carbons (Fsp3) is 0.625. The molecule has 3 heterocycles. The molecule has 0 bridgehead atoms. The van der Waals surface area contributed by atoms with Crippen molar-refractivity contribution in [2.45, 2.75) is 44.2 Å². The van der Waals surface area contributed by atoms with Gasteiger partial charge in [-0.2, -0.15) is 0 Å². The zero-order valence-corrected chi connectivity index (χ0v) is 12.2. The number of nitrogens with zero attached hydrogens (tertiary/aromatic N) is 3. The van der Waals surface area contributed by atoms with E-state index in [4.69, 9.17) is 0 Å². The summed E-state index contributed by atoms with van der Waals surface area (Å²) in [6, 6.07) is 4.16. The first-order valence-corrected chi connectivity index (χ1v) is 7.58. The number of carbonyl (C=O) groups is 1. The first-order valence-electron chi connectivity index (χ1n) is 7.58. The Morgan fingerprint density at radius 1 is 1.25 bits per heavy atom. The van der Waals surface area contributed by atoms with Crippen molar-refractivity contribution in [3.05, 3.63) is 30.1 Å². The fourth-order valence-electron chi connectivity index (χ4n) is 3.73. The average Bonchev–Trinajstić information content (AvgIpc) is 2.46. The summed E-state index contributed by atoms with van der Waals surface area (Å²) in [6.45, 7) is 3.11. The van der Waals surface area contributed by atoms with Gasteiger partial charge in [0.2, 0.25) is 5.91 Å². The van der Waals surface area contributed by atoms with E-state index in [1.807, 2.05) is 24.3 Å². The number of hydrogen-bond donors (Lipinski definition) is 0. The van der Waals surface area contributed by atoms with Crippen LogP contribution in [0.25, 0.3) is 0 Å². The van der Waals surface area contributed by atoms with Gasteiger partial charge in [-0.3, -0.25) is 14.7 Å². The number of rotatable bonds is 2. The van der Waals surface area contributed by atoms with Crippen molar-refractivity contribution in [1.29, 1.82) is 0 Å². The summed E-state index contributed by atoms with van der Waals surface area (Å²) in [7, 11) is 2.00. The largest absolute Gasteiger partial charge is 0.339 e. The van der Waals surface area contributed by atoms with E-state index in [1.165, 1.54) is 12.0 Å². The van der Waals surface area contributed by atoms with Gasteiger partial charge in [0.1, 0.15) is 0 Å². The molecule has 2 aliphatic heterocycles. The van der Waals surface area contributed by atoms with E-state index in [1.54, 1.807) is 0 Å². The van der Waals surface area contributed by atoms with E-state index in [9.17, 15) is 4.79 Å². The molecular formula is C16H23N3O. The van der Waals surface area contributed by atoms with E-state index < -0.39 is 0 Å². The quantitative estimate of drug-likeness (QED) is 0.827. The van der Waals surface area contributed by atoms with Crippen LogP contribution in [0.4, 0.5) is 0 Å². The van der Waals surface area contributed by atoms with Gasteiger partial charge in [0, 0.05) is 39.0 Å². The Labute approximate surface area is 120 Å². The Hall–Kier alpha value is -1.42. The monoisotopic (exact) mass is 273 g/mol. The minimum absolute atomic E-state index is 0.0839. The number of pyridine rings is 1. The van der Waals surface area contributed by atoms with Gasteiger partial charge in [-0.1, -0.05) is 0 Å². The molecule has 0 N–H and O–H groups in total. The second kappa shape index (κ2) is 5.52. The summed E-state index contributed by atoms with van der Waals surface area (Å²) in [5.74, 6) is 0.321. The summed E-state index contributed by atoms with van der Waals surface area (Å²) in [6.07, 6.45) is 8.97. The van der Waals surface area contributed by atoms with Gasteiger partial charge >= 0.3 is 0 Å². The molecule has 1 spiro atoms. The summed E-state index contributed by atoms with van der Waals surface area (Å²) >= 11 is 0. The second-order valence-corrected chi connectivity index (χ2v) is 6.20. The van der Waals surface area contributed by atoms with Crippen LogP contribution in [-0.4, -0.2) is 46.4 Å². The molecule has 108 valence electrons. The van der Waals surface area contributed by atoms with Gasteiger partial charge in [-0.05, 0) is 49.9 Å². The first kappa shape index (κ1) is 13.6. The predicted molar refractivity (Wildman–Crippen MR) is 78.1 cm³/mol. The van der Waals surface area contributed by atoms with Gasteiger partial charge in [0.25, 0.3) is 0 Å². The van der Waals surface area contributed by atoms with Crippen molar-refractivity contribution in [2.24, 2.45) is 0 Å². The standard InChI is InChI=1S/C16H23N3O/c1-18-15(20)4-2-7-16(18)8-3-11-19(13-16)12-14-5-9-17-10-6-14/h5-6,9-10H,2-4,7-8,11-13H2,1H3/t16-/m0/s1. The highest BCUT2D eigenvalue weighted by Crippen LogP contribution is 2.35. The van der Waals surface area contributed by atoms with Gasteiger partial charge < -0.3 is 4.90 Å².